The van der Waals surface area contributed by atoms with E-state index in [0.717, 1.165) is 22.4 Å². The second-order valence-electron chi connectivity index (χ2n) is 5.85. The quantitative estimate of drug-likeness (QED) is 0.796. The molecule has 2 aromatic carbocycles. The Labute approximate surface area is 155 Å². The number of rotatable bonds is 5. The third-order valence-corrected chi connectivity index (χ3v) is 4.38. The summed E-state index contributed by atoms with van der Waals surface area (Å²) >= 11 is 3.34. The predicted molar refractivity (Wildman–Crippen MR) is 102 cm³/mol. The lowest BCUT2D eigenvalue weighted by atomic mass is 10.1. The average Bonchev–Trinajstić information content (AvgIpc) is 2.55. The standard InChI is InChI=1S/C19H21BrN2O3/c1-11-7-12(2)18(13(3)8-11)22-17(23)10-21-19(24)14-5-6-16(25-4)15(20)9-14/h5-9H,10H2,1-4H3,(H,21,24)(H,22,23). The van der Waals surface area contributed by atoms with Crippen LogP contribution in [-0.2, 0) is 4.79 Å². The number of hydrogen-bond donors (Lipinski definition) is 2. The number of amides is 2. The lowest BCUT2D eigenvalue weighted by Crippen LogP contribution is -2.33. The van der Waals surface area contributed by atoms with Gasteiger partial charge < -0.3 is 15.4 Å². The molecule has 6 heteroatoms. The summed E-state index contributed by atoms with van der Waals surface area (Å²) in [6.07, 6.45) is 0. The van der Waals surface area contributed by atoms with Crippen LogP contribution in [0.3, 0.4) is 0 Å². The summed E-state index contributed by atoms with van der Waals surface area (Å²) in [5.74, 6) is 0.0476. The summed E-state index contributed by atoms with van der Waals surface area (Å²) in [5.41, 5.74) is 4.37. The lowest BCUT2D eigenvalue weighted by molar-refractivity contribution is -0.115. The summed E-state index contributed by atoms with van der Waals surface area (Å²) < 4.78 is 5.81. The zero-order valence-corrected chi connectivity index (χ0v) is 16.3. The fourth-order valence-corrected chi connectivity index (χ4v) is 3.17. The van der Waals surface area contributed by atoms with Crippen molar-refractivity contribution < 1.29 is 14.3 Å². The van der Waals surface area contributed by atoms with Crippen molar-refractivity contribution in [3.63, 3.8) is 0 Å². The SMILES string of the molecule is COc1ccc(C(=O)NCC(=O)Nc2c(C)cc(C)cc2C)cc1Br. The Morgan fingerprint density at radius 3 is 2.28 bits per heavy atom. The van der Waals surface area contributed by atoms with Gasteiger partial charge in [0.2, 0.25) is 5.91 Å². The van der Waals surface area contributed by atoms with Gasteiger partial charge in [0.05, 0.1) is 18.1 Å². The highest BCUT2D eigenvalue weighted by molar-refractivity contribution is 9.10. The van der Waals surface area contributed by atoms with Gasteiger partial charge in [-0.15, -0.1) is 0 Å². The fraction of sp³-hybridized carbons (Fsp3) is 0.263. The smallest absolute Gasteiger partial charge is 0.251 e. The van der Waals surface area contributed by atoms with Crippen LogP contribution in [0.2, 0.25) is 0 Å². The zero-order chi connectivity index (χ0) is 18.6. The molecule has 0 unspecified atom stereocenters. The molecule has 0 aliphatic heterocycles. The van der Waals surface area contributed by atoms with Crippen LogP contribution in [0.5, 0.6) is 5.75 Å². The molecular weight excluding hydrogens is 384 g/mol. The highest BCUT2D eigenvalue weighted by Gasteiger charge is 2.12. The van der Waals surface area contributed by atoms with E-state index in [4.69, 9.17) is 4.74 Å². The molecule has 0 fully saturated rings. The van der Waals surface area contributed by atoms with Gasteiger partial charge in [-0.1, -0.05) is 17.7 Å². The first-order valence-electron chi connectivity index (χ1n) is 7.81. The number of anilines is 1. The molecule has 2 N–H and O–H groups in total. The number of aryl methyl sites for hydroxylation is 3. The fourth-order valence-electron chi connectivity index (χ4n) is 2.63. The molecule has 0 saturated heterocycles. The first-order valence-corrected chi connectivity index (χ1v) is 8.60. The van der Waals surface area contributed by atoms with E-state index in [2.05, 4.69) is 26.6 Å². The van der Waals surface area contributed by atoms with Crippen molar-refractivity contribution in [1.29, 1.82) is 0 Å². The van der Waals surface area contributed by atoms with Gasteiger partial charge in [-0.3, -0.25) is 9.59 Å². The van der Waals surface area contributed by atoms with Gasteiger partial charge >= 0.3 is 0 Å². The van der Waals surface area contributed by atoms with Gasteiger partial charge in [0.1, 0.15) is 5.75 Å². The third kappa shape index (κ3) is 4.82. The predicted octanol–water partition coefficient (Wildman–Crippen LogP) is 3.75. The van der Waals surface area contributed by atoms with Gasteiger partial charge in [0.25, 0.3) is 5.91 Å². The van der Waals surface area contributed by atoms with E-state index < -0.39 is 0 Å². The number of benzene rings is 2. The van der Waals surface area contributed by atoms with Crippen molar-refractivity contribution in [2.45, 2.75) is 20.8 Å². The first kappa shape index (κ1) is 19.0. The Morgan fingerprint density at radius 1 is 1.08 bits per heavy atom. The van der Waals surface area contributed by atoms with Crippen molar-refractivity contribution in [1.82, 2.24) is 5.32 Å². The molecule has 0 atom stereocenters. The topological polar surface area (TPSA) is 67.4 Å². The molecule has 25 heavy (non-hydrogen) atoms. The van der Waals surface area contributed by atoms with Crippen LogP contribution in [0, 0.1) is 20.8 Å². The maximum Gasteiger partial charge on any atom is 0.251 e. The third-order valence-electron chi connectivity index (χ3n) is 3.76. The number of carbonyl (C=O) groups excluding carboxylic acids is 2. The summed E-state index contributed by atoms with van der Waals surface area (Å²) in [6.45, 7) is 5.81. The van der Waals surface area contributed by atoms with E-state index in [1.54, 1.807) is 25.3 Å². The normalized spacial score (nSPS) is 10.3. The zero-order valence-electron chi connectivity index (χ0n) is 14.7. The Morgan fingerprint density at radius 2 is 1.72 bits per heavy atom. The number of ether oxygens (including phenoxy) is 1. The Balaban J connectivity index is 1.98. The van der Waals surface area contributed by atoms with E-state index in [9.17, 15) is 9.59 Å². The number of nitrogens with one attached hydrogen (secondary N) is 2. The molecule has 0 spiro atoms. The second-order valence-corrected chi connectivity index (χ2v) is 6.71. The molecule has 0 aromatic heterocycles. The minimum absolute atomic E-state index is 0.102. The number of halogens is 1. The van der Waals surface area contributed by atoms with Gasteiger partial charge in [-0.05, 0) is 66.0 Å². The minimum Gasteiger partial charge on any atom is -0.496 e. The number of hydrogen-bond acceptors (Lipinski definition) is 3. The summed E-state index contributed by atoms with van der Waals surface area (Å²) in [4.78, 5) is 24.3. The van der Waals surface area contributed by atoms with Crippen LogP contribution in [-0.4, -0.2) is 25.5 Å². The number of carbonyl (C=O) groups is 2. The lowest BCUT2D eigenvalue weighted by Gasteiger charge is -2.13. The maximum absolute atomic E-state index is 12.2. The van der Waals surface area contributed by atoms with E-state index in [1.165, 1.54) is 0 Å². The summed E-state index contributed by atoms with van der Waals surface area (Å²) in [5, 5.41) is 5.48. The van der Waals surface area contributed by atoms with Crippen molar-refractivity contribution in [2.24, 2.45) is 0 Å². The van der Waals surface area contributed by atoms with Gasteiger partial charge in [0, 0.05) is 11.3 Å². The Hall–Kier alpha value is -2.34. The molecule has 2 rings (SSSR count). The largest absolute Gasteiger partial charge is 0.496 e. The van der Waals surface area contributed by atoms with E-state index in [1.807, 2.05) is 32.9 Å². The Bertz CT molecular complexity index is 795. The van der Waals surface area contributed by atoms with E-state index in [-0.39, 0.29) is 18.4 Å². The van der Waals surface area contributed by atoms with Crippen LogP contribution in [0.4, 0.5) is 5.69 Å². The first-order chi connectivity index (χ1) is 11.8. The molecule has 0 radical (unpaired) electrons. The van der Waals surface area contributed by atoms with E-state index in [0.29, 0.717) is 15.8 Å². The van der Waals surface area contributed by atoms with Crippen molar-refractivity contribution >= 4 is 33.4 Å². The molecule has 0 heterocycles. The highest BCUT2D eigenvalue weighted by atomic mass is 79.9. The molecule has 2 amide bonds. The van der Waals surface area contributed by atoms with Crippen molar-refractivity contribution in [3.05, 3.63) is 57.1 Å². The monoisotopic (exact) mass is 404 g/mol. The average molecular weight is 405 g/mol. The van der Waals surface area contributed by atoms with Crippen molar-refractivity contribution in [2.75, 3.05) is 19.0 Å². The van der Waals surface area contributed by atoms with Gasteiger partial charge in [0.15, 0.2) is 0 Å². The number of methoxy groups -OCH3 is 1. The van der Waals surface area contributed by atoms with Crippen LogP contribution in [0.25, 0.3) is 0 Å². The molecule has 132 valence electrons. The maximum atomic E-state index is 12.2. The van der Waals surface area contributed by atoms with Crippen LogP contribution >= 0.6 is 15.9 Å². The van der Waals surface area contributed by atoms with Crippen molar-refractivity contribution in [3.8, 4) is 5.75 Å². The summed E-state index contributed by atoms with van der Waals surface area (Å²) in [6, 6.07) is 9.01. The molecule has 0 aliphatic rings. The molecule has 0 bridgehead atoms. The van der Waals surface area contributed by atoms with Gasteiger partial charge in [-0.2, -0.15) is 0 Å². The van der Waals surface area contributed by atoms with E-state index >= 15 is 0 Å². The molecule has 2 aromatic rings. The Kier molecular flexibility index (Phi) is 6.20. The molecule has 5 nitrogen and oxygen atoms in total. The van der Waals surface area contributed by atoms with Crippen LogP contribution in [0.15, 0.2) is 34.8 Å². The minimum atomic E-state index is -0.323. The molecular formula is C19H21BrN2O3. The molecule has 0 aliphatic carbocycles. The van der Waals surface area contributed by atoms with Crippen LogP contribution in [0.1, 0.15) is 27.0 Å². The highest BCUT2D eigenvalue weighted by Crippen LogP contribution is 2.25. The van der Waals surface area contributed by atoms with Crippen LogP contribution < -0.4 is 15.4 Å². The molecule has 0 saturated carbocycles. The van der Waals surface area contributed by atoms with Gasteiger partial charge in [-0.25, -0.2) is 0 Å². The summed E-state index contributed by atoms with van der Waals surface area (Å²) in [7, 11) is 1.55. The second kappa shape index (κ2) is 8.16.